The Morgan fingerprint density at radius 2 is 2.00 bits per heavy atom. The highest BCUT2D eigenvalue weighted by Crippen LogP contribution is 2.19. The molecule has 2 aromatic rings. The molecule has 2 heterocycles. The molecule has 1 aliphatic rings. The van der Waals surface area contributed by atoms with Crippen LogP contribution in [0.15, 0.2) is 53.7 Å². The molecule has 6 nitrogen and oxygen atoms in total. The van der Waals surface area contributed by atoms with Gasteiger partial charge in [0.2, 0.25) is 0 Å². The Labute approximate surface area is 203 Å². The van der Waals surface area contributed by atoms with E-state index < -0.39 is 0 Å². The maximum atomic E-state index is 5.98. The summed E-state index contributed by atoms with van der Waals surface area (Å²) < 4.78 is 11.1. The number of nitrogens with zero attached hydrogens (tertiary/aromatic N) is 3. The lowest BCUT2D eigenvalue weighted by Crippen LogP contribution is -2.47. The molecular weight excluding hydrogens is 503 g/mol. The fraction of sp³-hybridized carbons (Fsp3) is 0.500. The predicted molar refractivity (Wildman–Crippen MR) is 137 cm³/mol. The summed E-state index contributed by atoms with van der Waals surface area (Å²) in [7, 11) is 1.73. The maximum absolute atomic E-state index is 5.98. The van der Waals surface area contributed by atoms with Crippen LogP contribution in [0.3, 0.4) is 0 Å². The van der Waals surface area contributed by atoms with Crippen molar-refractivity contribution < 1.29 is 9.47 Å². The zero-order valence-corrected chi connectivity index (χ0v) is 21.0. The quantitative estimate of drug-likeness (QED) is 0.223. The lowest BCUT2D eigenvalue weighted by atomic mass is 10.1. The number of rotatable bonds is 9. The topological polar surface area (TPSA) is 59.0 Å². The standard InChI is InChI=1S/C24H34N4O2.HI/c1-3-25-24(28-14-11-22(12-15-28)30-17-7-16-29-2)27-19-20-8-6-9-21(18-20)23-10-4-5-13-26-23;/h4-6,8-10,13,18,22H,3,7,11-12,14-17,19H2,1-2H3,(H,25,27);1H. The summed E-state index contributed by atoms with van der Waals surface area (Å²) >= 11 is 0. The molecule has 1 N–H and O–H groups in total. The number of piperidine rings is 1. The van der Waals surface area contributed by atoms with Gasteiger partial charge in [-0.2, -0.15) is 0 Å². The largest absolute Gasteiger partial charge is 0.385 e. The highest BCUT2D eigenvalue weighted by molar-refractivity contribution is 14.0. The molecule has 3 rings (SSSR count). The van der Waals surface area contributed by atoms with Crippen molar-refractivity contribution in [2.75, 3.05) is 40.0 Å². The molecule has 0 aliphatic carbocycles. The van der Waals surface area contributed by atoms with Crippen molar-refractivity contribution in [3.63, 3.8) is 0 Å². The number of nitrogens with one attached hydrogen (secondary N) is 1. The zero-order valence-electron chi connectivity index (χ0n) is 18.6. The van der Waals surface area contributed by atoms with E-state index in [0.717, 1.165) is 69.3 Å². The number of benzene rings is 1. The summed E-state index contributed by atoms with van der Waals surface area (Å²) in [6.07, 6.45) is 5.20. The van der Waals surface area contributed by atoms with Crippen LogP contribution in [0.25, 0.3) is 11.3 Å². The van der Waals surface area contributed by atoms with Crippen molar-refractivity contribution >= 4 is 29.9 Å². The molecule has 1 aliphatic heterocycles. The molecule has 1 aromatic heterocycles. The van der Waals surface area contributed by atoms with Gasteiger partial charge in [0, 0.05) is 51.7 Å². The monoisotopic (exact) mass is 538 g/mol. The van der Waals surface area contributed by atoms with Crippen LogP contribution < -0.4 is 5.32 Å². The number of aliphatic imine (C=N–C) groups is 1. The summed E-state index contributed by atoms with van der Waals surface area (Å²) in [5, 5.41) is 3.45. The number of methoxy groups -OCH3 is 1. The lowest BCUT2D eigenvalue weighted by molar-refractivity contribution is 0.00990. The third-order valence-electron chi connectivity index (χ3n) is 5.22. The Morgan fingerprint density at radius 1 is 1.16 bits per heavy atom. The molecule has 170 valence electrons. The molecule has 1 aromatic carbocycles. The Bertz CT molecular complexity index is 780. The average Bonchev–Trinajstić information content (AvgIpc) is 2.81. The molecule has 0 saturated carbocycles. The fourth-order valence-corrected chi connectivity index (χ4v) is 3.64. The second-order valence-corrected chi connectivity index (χ2v) is 7.49. The summed E-state index contributed by atoms with van der Waals surface area (Å²) in [4.78, 5) is 11.7. The molecule has 7 heteroatoms. The Kier molecular flexibility index (Phi) is 11.8. The maximum Gasteiger partial charge on any atom is 0.194 e. The Morgan fingerprint density at radius 3 is 2.71 bits per heavy atom. The molecule has 0 amide bonds. The van der Waals surface area contributed by atoms with Gasteiger partial charge in [0.05, 0.1) is 18.3 Å². The van der Waals surface area contributed by atoms with Gasteiger partial charge in [0.1, 0.15) is 0 Å². The molecule has 0 spiro atoms. The summed E-state index contributed by atoms with van der Waals surface area (Å²) in [5.41, 5.74) is 3.30. The van der Waals surface area contributed by atoms with E-state index >= 15 is 0 Å². The van der Waals surface area contributed by atoms with Gasteiger partial charge in [-0.05, 0) is 49.9 Å². The summed E-state index contributed by atoms with van der Waals surface area (Å²) in [6, 6.07) is 14.5. The number of ether oxygens (including phenoxy) is 2. The smallest absolute Gasteiger partial charge is 0.194 e. The number of hydrogen-bond donors (Lipinski definition) is 1. The van der Waals surface area contributed by atoms with E-state index in [2.05, 4.69) is 46.4 Å². The first kappa shape index (κ1) is 25.5. The molecular formula is C24H35IN4O2. The highest BCUT2D eigenvalue weighted by atomic mass is 127. The highest BCUT2D eigenvalue weighted by Gasteiger charge is 2.21. The Hall–Kier alpha value is -1.71. The molecule has 0 unspecified atom stereocenters. The third-order valence-corrected chi connectivity index (χ3v) is 5.22. The van der Waals surface area contributed by atoms with Crippen molar-refractivity contribution in [3.8, 4) is 11.3 Å². The average molecular weight is 538 g/mol. The van der Waals surface area contributed by atoms with E-state index in [9.17, 15) is 0 Å². The molecule has 31 heavy (non-hydrogen) atoms. The zero-order chi connectivity index (χ0) is 21.0. The third kappa shape index (κ3) is 8.38. The van der Waals surface area contributed by atoms with Crippen molar-refractivity contribution in [1.29, 1.82) is 0 Å². The summed E-state index contributed by atoms with van der Waals surface area (Å²) in [6.45, 7) is 7.10. The number of guanidine groups is 1. The van der Waals surface area contributed by atoms with Gasteiger partial charge >= 0.3 is 0 Å². The first-order valence-electron chi connectivity index (χ1n) is 10.9. The fourth-order valence-electron chi connectivity index (χ4n) is 3.64. The Balaban J connectivity index is 0.00000341. The second kappa shape index (κ2) is 14.4. The molecule has 0 bridgehead atoms. The molecule has 1 fully saturated rings. The van der Waals surface area contributed by atoms with Crippen LogP contribution in [-0.2, 0) is 16.0 Å². The predicted octanol–water partition coefficient (Wildman–Crippen LogP) is 4.35. The lowest BCUT2D eigenvalue weighted by Gasteiger charge is -2.34. The minimum atomic E-state index is 0. The van der Waals surface area contributed by atoms with Gasteiger partial charge in [-0.15, -0.1) is 24.0 Å². The van der Waals surface area contributed by atoms with Gasteiger partial charge in [0.15, 0.2) is 5.96 Å². The van der Waals surface area contributed by atoms with Gasteiger partial charge < -0.3 is 19.7 Å². The van der Waals surface area contributed by atoms with Crippen molar-refractivity contribution in [2.24, 2.45) is 4.99 Å². The summed E-state index contributed by atoms with van der Waals surface area (Å²) in [5.74, 6) is 0.985. The normalized spacial score (nSPS) is 14.9. The first-order chi connectivity index (χ1) is 14.8. The van der Waals surface area contributed by atoms with Crippen LogP contribution >= 0.6 is 24.0 Å². The van der Waals surface area contributed by atoms with Crippen molar-refractivity contribution in [3.05, 3.63) is 54.2 Å². The van der Waals surface area contributed by atoms with Crippen LogP contribution in [0.2, 0.25) is 0 Å². The second-order valence-electron chi connectivity index (χ2n) is 7.49. The van der Waals surface area contributed by atoms with Crippen LogP contribution in [-0.4, -0.2) is 61.9 Å². The van der Waals surface area contributed by atoms with Crippen LogP contribution in [0.5, 0.6) is 0 Å². The van der Waals surface area contributed by atoms with E-state index in [4.69, 9.17) is 14.5 Å². The minimum Gasteiger partial charge on any atom is -0.385 e. The van der Waals surface area contributed by atoms with Crippen LogP contribution in [0.1, 0.15) is 31.7 Å². The number of likely N-dealkylation sites (tertiary alicyclic amines) is 1. The van der Waals surface area contributed by atoms with E-state index in [1.54, 1.807) is 7.11 Å². The first-order valence-corrected chi connectivity index (χ1v) is 10.9. The number of hydrogen-bond acceptors (Lipinski definition) is 4. The van der Waals surface area contributed by atoms with Crippen molar-refractivity contribution in [2.45, 2.75) is 38.8 Å². The minimum absolute atomic E-state index is 0. The SMILES string of the molecule is CCNC(=NCc1cccc(-c2ccccn2)c1)N1CCC(OCCCOC)CC1.I. The van der Waals surface area contributed by atoms with Gasteiger partial charge in [-0.25, -0.2) is 4.99 Å². The van der Waals surface area contributed by atoms with Gasteiger partial charge in [-0.3, -0.25) is 4.98 Å². The van der Waals surface area contributed by atoms with E-state index in [-0.39, 0.29) is 24.0 Å². The van der Waals surface area contributed by atoms with Crippen LogP contribution in [0.4, 0.5) is 0 Å². The number of halogens is 1. The van der Waals surface area contributed by atoms with E-state index in [1.165, 1.54) is 5.56 Å². The molecule has 1 saturated heterocycles. The number of aromatic nitrogens is 1. The van der Waals surface area contributed by atoms with Crippen LogP contribution in [0, 0.1) is 0 Å². The van der Waals surface area contributed by atoms with Gasteiger partial charge in [-0.1, -0.05) is 24.3 Å². The van der Waals surface area contributed by atoms with Gasteiger partial charge in [0.25, 0.3) is 0 Å². The number of pyridine rings is 1. The van der Waals surface area contributed by atoms with E-state index in [1.807, 2.05) is 24.4 Å². The molecule has 0 atom stereocenters. The molecule has 0 radical (unpaired) electrons. The van der Waals surface area contributed by atoms with E-state index in [0.29, 0.717) is 12.6 Å². The van der Waals surface area contributed by atoms with Crippen molar-refractivity contribution in [1.82, 2.24) is 15.2 Å².